The minimum atomic E-state index is -0.130. The van der Waals surface area contributed by atoms with Crippen LogP contribution in [0, 0.1) is 4.77 Å². The Kier molecular flexibility index (Phi) is 2.32. The van der Waals surface area contributed by atoms with Crippen molar-refractivity contribution in [2.75, 3.05) is 5.73 Å². The van der Waals surface area contributed by atoms with Gasteiger partial charge in [0.05, 0.1) is 10.9 Å². The van der Waals surface area contributed by atoms with Crippen molar-refractivity contribution in [3.63, 3.8) is 0 Å². The maximum Gasteiger partial charge on any atom is 0.264 e. The third-order valence-electron chi connectivity index (χ3n) is 2.36. The van der Waals surface area contributed by atoms with Crippen molar-refractivity contribution in [1.29, 1.82) is 0 Å². The minimum absolute atomic E-state index is 0.130. The first-order valence-corrected chi connectivity index (χ1v) is 5.07. The molecule has 2 rings (SSSR count). The second-order valence-electron chi connectivity index (χ2n) is 3.25. The van der Waals surface area contributed by atoms with Crippen LogP contribution in [0.15, 0.2) is 23.0 Å². The molecule has 0 radical (unpaired) electrons. The highest BCUT2D eigenvalue weighted by molar-refractivity contribution is 7.71. The Bertz CT molecular complexity index is 627. The van der Waals surface area contributed by atoms with Gasteiger partial charge in [0, 0.05) is 12.2 Å². The van der Waals surface area contributed by atoms with Crippen molar-refractivity contribution in [3.05, 3.63) is 33.3 Å². The van der Waals surface area contributed by atoms with Crippen LogP contribution in [0.25, 0.3) is 10.9 Å². The summed E-state index contributed by atoms with van der Waals surface area (Å²) in [6, 6.07) is 5.29. The molecule has 1 aromatic heterocycles. The number of hydrogen-bond acceptors (Lipinski definition) is 3. The molecule has 0 amide bonds. The Hall–Kier alpha value is -1.62. The normalized spacial score (nSPS) is 10.7. The van der Waals surface area contributed by atoms with Gasteiger partial charge in [-0.2, -0.15) is 0 Å². The molecule has 0 saturated heterocycles. The summed E-state index contributed by atoms with van der Waals surface area (Å²) >= 11 is 5.08. The van der Waals surface area contributed by atoms with Gasteiger partial charge in [-0.1, -0.05) is 6.07 Å². The zero-order valence-corrected chi connectivity index (χ0v) is 9.10. The summed E-state index contributed by atoms with van der Waals surface area (Å²) in [5.41, 5.74) is 6.80. The molecular formula is C10H11N3OS. The van der Waals surface area contributed by atoms with Crippen LogP contribution in [0.3, 0.4) is 0 Å². The molecule has 0 fully saturated rings. The molecule has 15 heavy (non-hydrogen) atoms. The van der Waals surface area contributed by atoms with Gasteiger partial charge in [0.15, 0.2) is 4.77 Å². The van der Waals surface area contributed by atoms with Crippen LogP contribution in [-0.4, -0.2) is 9.55 Å². The van der Waals surface area contributed by atoms with Gasteiger partial charge >= 0.3 is 0 Å². The van der Waals surface area contributed by atoms with E-state index in [-0.39, 0.29) is 5.56 Å². The van der Waals surface area contributed by atoms with Crippen LogP contribution in [0.4, 0.5) is 5.69 Å². The molecule has 0 aliphatic carbocycles. The third kappa shape index (κ3) is 1.45. The van der Waals surface area contributed by atoms with Gasteiger partial charge in [0.25, 0.3) is 5.56 Å². The zero-order chi connectivity index (χ0) is 11.0. The molecule has 0 unspecified atom stereocenters. The molecular weight excluding hydrogens is 210 g/mol. The highest BCUT2D eigenvalue weighted by Crippen LogP contribution is 2.14. The van der Waals surface area contributed by atoms with Crippen LogP contribution >= 0.6 is 12.2 Å². The molecule has 1 aromatic carbocycles. The molecule has 1 heterocycles. The zero-order valence-electron chi connectivity index (χ0n) is 8.28. The number of H-pyrrole nitrogens is 1. The number of anilines is 1. The minimum Gasteiger partial charge on any atom is -0.398 e. The smallest absolute Gasteiger partial charge is 0.264 e. The molecule has 0 bridgehead atoms. The summed E-state index contributed by atoms with van der Waals surface area (Å²) in [6.07, 6.45) is 0. The van der Waals surface area contributed by atoms with E-state index >= 15 is 0 Å². The number of aromatic amines is 1. The molecule has 0 aliphatic heterocycles. The largest absolute Gasteiger partial charge is 0.398 e. The van der Waals surface area contributed by atoms with E-state index in [9.17, 15) is 4.79 Å². The number of hydrogen-bond donors (Lipinski definition) is 2. The number of nitrogens with two attached hydrogens (primary N) is 1. The van der Waals surface area contributed by atoms with Gasteiger partial charge in [-0.25, -0.2) is 0 Å². The van der Waals surface area contributed by atoms with Crippen molar-refractivity contribution in [3.8, 4) is 0 Å². The predicted octanol–water partition coefficient (Wildman–Crippen LogP) is 1.66. The van der Waals surface area contributed by atoms with E-state index in [0.717, 1.165) is 0 Å². The predicted molar refractivity (Wildman–Crippen MR) is 63.5 cm³/mol. The van der Waals surface area contributed by atoms with Gasteiger partial charge in [-0.05, 0) is 31.3 Å². The average molecular weight is 221 g/mol. The first-order chi connectivity index (χ1) is 7.15. The van der Waals surface area contributed by atoms with E-state index in [1.807, 2.05) is 6.92 Å². The fraction of sp³-hybridized carbons (Fsp3) is 0.200. The SMILES string of the molecule is CCn1c(=S)[nH]c2cccc(N)c2c1=O. The molecule has 2 aromatic rings. The number of rotatable bonds is 1. The molecule has 5 heteroatoms. The molecule has 4 nitrogen and oxygen atoms in total. The van der Waals surface area contributed by atoms with E-state index in [1.54, 1.807) is 18.2 Å². The van der Waals surface area contributed by atoms with Gasteiger partial charge in [0.2, 0.25) is 0 Å². The summed E-state index contributed by atoms with van der Waals surface area (Å²) in [4.78, 5) is 15.0. The van der Waals surface area contributed by atoms with E-state index in [0.29, 0.717) is 27.9 Å². The van der Waals surface area contributed by atoms with Gasteiger partial charge in [-0.15, -0.1) is 0 Å². The quantitative estimate of drug-likeness (QED) is 0.568. The first-order valence-electron chi connectivity index (χ1n) is 4.66. The van der Waals surface area contributed by atoms with Crippen LogP contribution in [0.1, 0.15) is 6.92 Å². The second kappa shape index (κ2) is 3.51. The highest BCUT2D eigenvalue weighted by Gasteiger charge is 2.06. The molecule has 0 aliphatic rings. The summed E-state index contributed by atoms with van der Waals surface area (Å²) in [5, 5.41) is 0.507. The maximum absolute atomic E-state index is 12.0. The second-order valence-corrected chi connectivity index (χ2v) is 3.64. The molecule has 0 saturated carbocycles. The molecule has 78 valence electrons. The lowest BCUT2D eigenvalue weighted by molar-refractivity contribution is 0.705. The lowest BCUT2D eigenvalue weighted by atomic mass is 10.2. The number of nitrogen functional groups attached to an aromatic ring is 1. The third-order valence-corrected chi connectivity index (χ3v) is 2.68. The Morgan fingerprint density at radius 2 is 2.27 bits per heavy atom. The van der Waals surface area contributed by atoms with Crippen molar-refractivity contribution >= 4 is 28.8 Å². The molecule has 0 atom stereocenters. The molecule has 3 N–H and O–H groups in total. The van der Waals surface area contributed by atoms with Crippen LogP contribution in [-0.2, 0) is 6.54 Å². The standard InChI is InChI=1S/C10H11N3OS/c1-2-13-9(14)8-6(11)4-3-5-7(8)12-10(13)15/h3-5H,2,11H2,1H3,(H,12,15). The fourth-order valence-corrected chi connectivity index (χ4v) is 1.93. The van der Waals surface area contributed by atoms with Crippen molar-refractivity contribution in [2.45, 2.75) is 13.5 Å². The van der Waals surface area contributed by atoms with Gasteiger partial charge < -0.3 is 10.7 Å². The van der Waals surface area contributed by atoms with Crippen molar-refractivity contribution < 1.29 is 0 Å². The highest BCUT2D eigenvalue weighted by atomic mass is 32.1. The Balaban J connectivity index is 3.06. The topological polar surface area (TPSA) is 63.8 Å². The number of nitrogens with zero attached hydrogens (tertiary/aromatic N) is 1. The average Bonchev–Trinajstić information content (AvgIpc) is 2.17. The van der Waals surface area contributed by atoms with Gasteiger partial charge in [-0.3, -0.25) is 9.36 Å². The van der Waals surface area contributed by atoms with Crippen LogP contribution < -0.4 is 11.3 Å². The van der Waals surface area contributed by atoms with E-state index in [2.05, 4.69) is 4.98 Å². The van der Waals surface area contributed by atoms with Crippen molar-refractivity contribution in [1.82, 2.24) is 9.55 Å². The van der Waals surface area contributed by atoms with E-state index < -0.39 is 0 Å². The van der Waals surface area contributed by atoms with E-state index in [4.69, 9.17) is 18.0 Å². The summed E-state index contributed by atoms with van der Waals surface area (Å²) in [6.45, 7) is 2.41. The first kappa shape index (κ1) is 9.92. The number of fused-ring (bicyclic) bond motifs is 1. The van der Waals surface area contributed by atoms with Crippen LogP contribution in [0.2, 0.25) is 0 Å². The van der Waals surface area contributed by atoms with Crippen molar-refractivity contribution in [2.24, 2.45) is 0 Å². The lowest BCUT2D eigenvalue weighted by Gasteiger charge is -2.06. The summed E-state index contributed by atoms with van der Waals surface area (Å²) < 4.78 is 1.93. The van der Waals surface area contributed by atoms with Crippen LogP contribution in [0.5, 0.6) is 0 Å². The Labute approximate surface area is 91.4 Å². The maximum atomic E-state index is 12.0. The fourth-order valence-electron chi connectivity index (χ4n) is 1.61. The number of aromatic nitrogens is 2. The van der Waals surface area contributed by atoms with E-state index in [1.165, 1.54) is 4.57 Å². The number of nitrogens with one attached hydrogen (secondary N) is 1. The Morgan fingerprint density at radius 1 is 1.53 bits per heavy atom. The number of benzene rings is 1. The Morgan fingerprint density at radius 3 is 2.93 bits per heavy atom. The summed E-state index contributed by atoms with van der Waals surface area (Å²) in [7, 11) is 0. The van der Waals surface area contributed by atoms with Gasteiger partial charge in [0.1, 0.15) is 0 Å². The monoisotopic (exact) mass is 221 g/mol. The molecule has 0 spiro atoms. The lowest BCUT2D eigenvalue weighted by Crippen LogP contribution is -2.22. The summed E-state index contributed by atoms with van der Waals surface area (Å²) in [5.74, 6) is 0.